The zero-order valence-electron chi connectivity index (χ0n) is 7.31. The lowest BCUT2D eigenvalue weighted by atomic mass is 10.1. The number of rotatable bonds is 1. The van der Waals surface area contributed by atoms with Crippen LogP contribution in [-0.4, -0.2) is 10.1 Å². The Hall–Kier alpha value is -1.35. The highest BCUT2D eigenvalue weighted by Gasteiger charge is 2.04. The molecule has 1 aromatic carbocycles. The first kappa shape index (κ1) is 9.21. The van der Waals surface area contributed by atoms with Gasteiger partial charge in [0.05, 0.1) is 5.69 Å². The average molecular weight is 250 g/mol. The Morgan fingerprint density at radius 2 is 2.00 bits per heavy atom. The van der Waals surface area contributed by atoms with Gasteiger partial charge >= 0.3 is 0 Å². The molecule has 2 nitrogen and oxygen atoms in total. The number of hydrogen-bond donors (Lipinski definition) is 1. The van der Waals surface area contributed by atoms with Crippen LogP contribution in [0.2, 0.25) is 0 Å². The predicted molar refractivity (Wildman–Crippen MR) is 59.0 cm³/mol. The maximum absolute atomic E-state index is 9.63. The molecule has 0 radical (unpaired) electrons. The molecule has 0 fully saturated rings. The van der Waals surface area contributed by atoms with Crippen LogP contribution in [0.4, 0.5) is 0 Å². The van der Waals surface area contributed by atoms with Crippen molar-refractivity contribution >= 4 is 15.9 Å². The lowest BCUT2D eigenvalue weighted by Gasteiger charge is -2.03. The molecule has 0 aliphatic rings. The molecule has 3 heteroatoms. The van der Waals surface area contributed by atoms with E-state index in [0.29, 0.717) is 0 Å². The topological polar surface area (TPSA) is 33.1 Å². The Bertz CT molecular complexity index is 442. The molecule has 2 aromatic rings. The Morgan fingerprint density at radius 1 is 1.14 bits per heavy atom. The summed E-state index contributed by atoms with van der Waals surface area (Å²) in [5.41, 5.74) is 1.51. The highest BCUT2D eigenvalue weighted by molar-refractivity contribution is 9.10. The summed E-state index contributed by atoms with van der Waals surface area (Å²) in [5, 5.41) is 9.63. The van der Waals surface area contributed by atoms with Crippen LogP contribution in [0.3, 0.4) is 0 Å². The van der Waals surface area contributed by atoms with Gasteiger partial charge in [-0.1, -0.05) is 22.0 Å². The number of aromatic nitrogens is 1. The molecule has 0 unspecified atom stereocenters. The van der Waals surface area contributed by atoms with Gasteiger partial charge in [0, 0.05) is 16.2 Å². The third-order valence-electron chi connectivity index (χ3n) is 1.90. The number of hydrogen-bond acceptors (Lipinski definition) is 2. The van der Waals surface area contributed by atoms with Crippen LogP contribution in [0.5, 0.6) is 5.75 Å². The highest BCUT2D eigenvalue weighted by atomic mass is 79.9. The summed E-state index contributed by atoms with van der Waals surface area (Å²) in [6, 6.07) is 10.9. The first-order valence-electron chi connectivity index (χ1n) is 4.17. The van der Waals surface area contributed by atoms with E-state index in [2.05, 4.69) is 20.9 Å². The van der Waals surface area contributed by atoms with Crippen molar-refractivity contribution in [2.75, 3.05) is 0 Å². The van der Waals surface area contributed by atoms with Crippen LogP contribution in [-0.2, 0) is 0 Å². The molecule has 2 rings (SSSR count). The van der Waals surface area contributed by atoms with Gasteiger partial charge in [0.1, 0.15) is 5.75 Å². The van der Waals surface area contributed by atoms with Crippen LogP contribution < -0.4 is 0 Å². The third kappa shape index (κ3) is 1.77. The number of benzene rings is 1. The van der Waals surface area contributed by atoms with Crippen LogP contribution >= 0.6 is 15.9 Å². The van der Waals surface area contributed by atoms with Crippen LogP contribution in [0.15, 0.2) is 47.1 Å². The number of pyridine rings is 1. The van der Waals surface area contributed by atoms with E-state index in [4.69, 9.17) is 0 Å². The van der Waals surface area contributed by atoms with Gasteiger partial charge in [-0.2, -0.15) is 0 Å². The summed E-state index contributed by atoms with van der Waals surface area (Å²) in [6.45, 7) is 0. The maximum atomic E-state index is 9.63. The van der Waals surface area contributed by atoms with Gasteiger partial charge < -0.3 is 5.11 Å². The van der Waals surface area contributed by atoms with Gasteiger partial charge in [0.2, 0.25) is 0 Å². The molecule has 0 saturated carbocycles. The molecular weight excluding hydrogens is 242 g/mol. The zero-order valence-corrected chi connectivity index (χ0v) is 8.90. The van der Waals surface area contributed by atoms with Crippen molar-refractivity contribution in [1.29, 1.82) is 0 Å². The minimum absolute atomic E-state index is 0.243. The molecule has 1 aromatic heterocycles. The first-order valence-corrected chi connectivity index (χ1v) is 4.96. The van der Waals surface area contributed by atoms with Gasteiger partial charge in [-0.3, -0.25) is 4.98 Å². The van der Waals surface area contributed by atoms with Gasteiger partial charge in [-0.05, 0) is 30.3 Å². The minimum Gasteiger partial charge on any atom is -0.507 e. The maximum Gasteiger partial charge on any atom is 0.125 e. The molecule has 70 valence electrons. The average Bonchev–Trinajstić information content (AvgIpc) is 2.23. The Morgan fingerprint density at radius 3 is 2.71 bits per heavy atom. The molecule has 0 bridgehead atoms. The van der Waals surface area contributed by atoms with Gasteiger partial charge in [-0.15, -0.1) is 0 Å². The Balaban J connectivity index is 2.57. The van der Waals surface area contributed by atoms with E-state index in [1.54, 1.807) is 18.3 Å². The van der Waals surface area contributed by atoms with E-state index >= 15 is 0 Å². The lowest BCUT2D eigenvalue weighted by Crippen LogP contribution is -1.82. The van der Waals surface area contributed by atoms with E-state index in [1.165, 1.54) is 0 Å². The van der Waals surface area contributed by atoms with Crippen molar-refractivity contribution in [3.8, 4) is 17.0 Å². The van der Waals surface area contributed by atoms with Crippen LogP contribution in [0, 0.1) is 0 Å². The Kier molecular flexibility index (Phi) is 2.50. The second-order valence-electron chi connectivity index (χ2n) is 2.88. The van der Waals surface area contributed by atoms with Crippen molar-refractivity contribution < 1.29 is 5.11 Å². The van der Waals surface area contributed by atoms with Gasteiger partial charge in [0.15, 0.2) is 0 Å². The van der Waals surface area contributed by atoms with Crippen molar-refractivity contribution in [2.45, 2.75) is 0 Å². The number of nitrogens with zero attached hydrogens (tertiary/aromatic N) is 1. The summed E-state index contributed by atoms with van der Waals surface area (Å²) in [6.07, 6.45) is 1.70. The van der Waals surface area contributed by atoms with Crippen molar-refractivity contribution in [1.82, 2.24) is 4.98 Å². The van der Waals surface area contributed by atoms with Gasteiger partial charge in [0.25, 0.3) is 0 Å². The Labute approximate surface area is 90.4 Å². The summed E-state index contributed by atoms with van der Waals surface area (Å²) in [7, 11) is 0. The molecule has 0 atom stereocenters. The monoisotopic (exact) mass is 249 g/mol. The van der Waals surface area contributed by atoms with E-state index in [1.807, 2.05) is 24.3 Å². The van der Waals surface area contributed by atoms with E-state index in [-0.39, 0.29) is 5.75 Å². The molecule has 1 heterocycles. The van der Waals surface area contributed by atoms with Crippen LogP contribution in [0.1, 0.15) is 0 Å². The fourth-order valence-electron chi connectivity index (χ4n) is 1.24. The summed E-state index contributed by atoms with van der Waals surface area (Å²) < 4.78 is 0.927. The standard InChI is InChI=1S/C11H8BrNO/c12-8-4-5-11(14)9(7-8)10-3-1-2-6-13-10/h1-7,14H. The smallest absolute Gasteiger partial charge is 0.125 e. The molecule has 14 heavy (non-hydrogen) atoms. The molecule has 0 saturated heterocycles. The highest BCUT2D eigenvalue weighted by Crippen LogP contribution is 2.29. The van der Waals surface area contributed by atoms with Crippen molar-refractivity contribution in [3.63, 3.8) is 0 Å². The molecule has 1 N–H and O–H groups in total. The van der Waals surface area contributed by atoms with E-state index in [0.717, 1.165) is 15.7 Å². The normalized spacial score (nSPS) is 10.1. The SMILES string of the molecule is Oc1ccc(Br)cc1-c1ccccn1. The summed E-state index contributed by atoms with van der Waals surface area (Å²) in [4.78, 5) is 4.17. The van der Waals surface area contributed by atoms with Crippen LogP contribution in [0.25, 0.3) is 11.3 Å². The first-order chi connectivity index (χ1) is 6.77. The second-order valence-corrected chi connectivity index (χ2v) is 3.79. The van der Waals surface area contributed by atoms with Crippen molar-refractivity contribution in [3.05, 3.63) is 47.1 Å². The molecule has 0 spiro atoms. The third-order valence-corrected chi connectivity index (χ3v) is 2.39. The molecular formula is C11H8BrNO. The fraction of sp³-hybridized carbons (Fsp3) is 0. The van der Waals surface area contributed by atoms with E-state index in [9.17, 15) is 5.11 Å². The minimum atomic E-state index is 0.243. The number of halogens is 1. The number of phenols is 1. The summed E-state index contributed by atoms with van der Waals surface area (Å²) in [5.74, 6) is 0.243. The molecule has 0 amide bonds. The lowest BCUT2D eigenvalue weighted by molar-refractivity contribution is 0.477. The van der Waals surface area contributed by atoms with E-state index < -0.39 is 0 Å². The van der Waals surface area contributed by atoms with Crippen molar-refractivity contribution in [2.24, 2.45) is 0 Å². The quantitative estimate of drug-likeness (QED) is 0.842. The van der Waals surface area contributed by atoms with Gasteiger partial charge in [-0.25, -0.2) is 0 Å². The number of phenolic OH excluding ortho intramolecular Hbond substituents is 1. The largest absolute Gasteiger partial charge is 0.507 e. The summed E-state index contributed by atoms with van der Waals surface area (Å²) >= 11 is 3.35. The predicted octanol–water partition coefficient (Wildman–Crippen LogP) is 3.22. The zero-order chi connectivity index (χ0) is 9.97. The second kappa shape index (κ2) is 3.80. The fourth-order valence-corrected chi connectivity index (χ4v) is 1.60. The number of aromatic hydroxyl groups is 1. The molecule has 0 aliphatic heterocycles. The molecule has 0 aliphatic carbocycles.